The zero-order valence-corrected chi connectivity index (χ0v) is 33.7. The van der Waals surface area contributed by atoms with E-state index in [1.807, 2.05) is 60.7 Å². The van der Waals surface area contributed by atoms with E-state index in [9.17, 15) is 0 Å². The van der Waals surface area contributed by atoms with Crippen molar-refractivity contribution < 1.29 is 8.83 Å². The molecule has 6 heteroatoms. The molecular formula is C57H34N4O2. The van der Waals surface area contributed by atoms with Crippen LogP contribution in [0.25, 0.3) is 128 Å². The molecule has 0 fully saturated rings. The summed E-state index contributed by atoms with van der Waals surface area (Å²) in [6.45, 7) is 0. The van der Waals surface area contributed by atoms with Crippen molar-refractivity contribution in [1.82, 2.24) is 19.5 Å². The zero-order valence-electron chi connectivity index (χ0n) is 33.7. The molecule has 0 unspecified atom stereocenters. The van der Waals surface area contributed by atoms with Crippen LogP contribution in [0.3, 0.4) is 0 Å². The highest BCUT2D eigenvalue weighted by Crippen LogP contribution is 2.43. The predicted octanol–water partition coefficient (Wildman–Crippen LogP) is 15.1. The summed E-state index contributed by atoms with van der Waals surface area (Å²) < 4.78 is 15.6. The SMILES string of the molecule is c1ccc(-c2nc(-c3ccc4c(c3)oc3cccc(-c5ccccc5)c34)nc(-c3ccc4c(c3)oc3cccc(-c5ccccc5-n5c6ccccc6c6ccccc65)c34)n2)cc1. The van der Waals surface area contributed by atoms with Crippen molar-refractivity contribution in [1.29, 1.82) is 0 Å². The average molecular weight is 807 g/mol. The first-order valence-electron chi connectivity index (χ1n) is 21.1. The fourth-order valence-corrected chi connectivity index (χ4v) is 9.44. The monoisotopic (exact) mass is 806 g/mol. The van der Waals surface area contributed by atoms with Crippen molar-refractivity contribution in [3.05, 3.63) is 206 Å². The lowest BCUT2D eigenvalue weighted by Gasteiger charge is -2.14. The molecule has 0 amide bonds. The van der Waals surface area contributed by atoms with Crippen LogP contribution in [0.5, 0.6) is 0 Å². The minimum Gasteiger partial charge on any atom is -0.456 e. The molecule has 0 radical (unpaired) electrons. The van der Waals surface area contributed by atoms with Gasteiger partial charge in [-0.05, 0) is 71.3 Å². The van der Waals surface area contributed by atoms with Crippen LogP contribution in [0.15, 0.2) is 215 Å². The largest absolute Gasteiger partial charge is 0.456 e. The summed E-state index contributed by atoms with van der Waals surface area (Å²) >= 11 is 0. The van der Waals surface area contributed by atoms with Crippen LogP contribution in [-0.4, -0.2) is 19.5 Å². The van der Waals surface area contributed by atoms with E-state index < -0.39 is 0 Å². The molecule has 0 bridgehead atoms. The third-order valence-electron chi connectivity index (χ3n) is 12.3. The molecule has 294 valence electrons. The summed E-state index contributed by atoms with van der Waals surface area (Å²) in [7, 11) is 0. The molecule has 0 N–H and O–H groups in total. The van der Waals surface area contributed by atoms with Crippen LogP contribution < -0.4 is 0 Å². The Labute approximate surface area is 361 Å². The van der Waals surface area contributed by atoms with Gasteiger partial charge >= 0.3 is 0 Å². The molecule has 63 heavy (non-hydrogen) atoms. The molecule has 0 spiro atoms. The molecule has 13 aromatic rings. The Morgan fingerprint density at radius 3 is 1.37 bits per heavy atom. The summed E-state index contributed by atoms with van der Waals surface area (Å²) in [4.78, 5) is 15.2. The van der Waals surface area contributed by atoms with Gasteiger partial charge in [0.15, 0.2) is 17.5 Å². The van der Waals surface area contributed by atoms with Crippen molar-refractivity contribution in [2.24, 2.45) is 0 Å². The molecule has 4 heterocycles. The van der Waals surface area contributed by atoms with E-state index in [4.69, 9.17) is 23.8 Å². The number of rotatable bonds is 6. The summed E-state index contributed by atoms with van der Waals surface area (Å²) in [5, 5.41) is 6.66. The van der Waals surface area contributed by atoms with Gasteiger partial charge < -0.3 is 13.4 Å². The second-order valence-electron chi connectivity index (χ2n) is 15.9. The van der Waals surface area contributed by atoms with Gasteiger partial charge in [-0.2, -0.15) is 0 Å². The Morgan fingerprint density at radius 1 is 0.302 bits per heavy atom. The minimum atomic E-state index is 0.550. The standard InChI is InChI=1S/C57H34N4O2/c1-3-15-35(16-4-1)39-22-13-27-49-53(39)44-31-29-37(33-51(44)62-49)56-58-55(36-17-5-2-6-18-36)59-57(60-56)38-30-32-45-52(34-38)63-50-28-14-23-43(54(45)50)42-21-9-12-26-48(42)61-46-24-10-7-19-40(46)41-20-8-11-25-47(41)61/h1-34H. The zero-order chi connectivity index (χ0) is 41.4. The normalized spacial score (nSPS) is 11.8. The van der Waals surface area contributed by atoms with Crippen molar-refractivity contribution in [3.8, 4) is 62.1 Å². The van der Waals surface area contributed by atoms with Crippen molar-refractivity contribution in [3.63, 3.8) is 0 Å². The van der Waals surface area contributed by atoms with Gasteiger partial charge in [0.2, 0.25) is 0 Å². The van der Waals surface area contributed by atoms with Crippen LogP contribution in [-0.2, 0) is 0 Å². The van der Waals surface area contributed by atoms with E-state index in [1.165, 1.54) is 21.8 Å². The summed E-state index contributed by atoms with van der Waals surface area (Å²) in [6, 6.07) is 71.5. The van der Waals surface area contributed by atoms with E-state index >= 15 is 0 Å². The Bertz CT molecular complexity index is 3870. The molecule has 0 saturated heterocycles. The Hall–Kier alpha value is -8.61. The highest BCUT2D eigenvalue weighted by Gasteiger charge is 2.21. The van der Waals surface area contributed by atoms with E-state index in [0.717, 1.165) is 88.5 Å². The van der Waals surface area contributed by atoms with Crippen LogP contribution in [0.4, 0.5) is 0 Å². The van der Waals surface area contributed by atoms with E-state index in [2.05, 4.69) is 150 Å². The Kier molecular flexibility index (Phi) is 7.80. The summed E-state index contributed by atoms with van der Waals surface area (Å²) in [5.41, 5.74) is 13.7. The van der Waals surface area contributed by atoms with Crippen molar-refractivity contribution in [2.75, 3.05) is 0 Å². The van der Waals surface area contributed by atoms with Crippen molar-refractivity contribution >= 4 is 65.7 Å². The van der Waals surface area contributed by atoms with Gasteiger partial charge in [-0.15, -0.1) is 0 Å². The molecule has 0 saturated carbocycles. The number of furan rings is 2. The Morgan fingerprint density at radius 2 is 0.762 bits per heavy atom. The molecule has 0 atom stereocenters. The number of hydrogen-bond donors (Lipinski definition) is 0. The fourth-order valence-electron chi connectivity index (χ4n) is 9.44. The average Bonchev–Trinajstić information content (AvgIpc) is 4.03. The third kappa shape index (κ3) is 5.62. The molecule has 13 rings (SSSR count). The van der Waals surface area contributed by atoms with E-state index in [-0.39, 0.29) is 0 Å². The summed E-state index contributed by atoms with van der Waals surface area (Å²) in [6.07, 6.45) is 0. The number of aromatic nitrogens is 4. The maximum absolute atomic E-state index is 6.71. The van der Waals surface area contributed by atoms with E-state index in [0.29, 0.717) is 17.5 Å². The number of para-hydroxylation sites is 3. The molecule has 0 aliphatic heterocycles. The third-order valence-corrected chi connectivity index (χ3v) is 12.3. The van der Waals surface area contributed by atoms with Gasteiger partial charge in [-0.1, -0.05) is 152 Å². The van der Waals surface area contributed by atoms with E-state index in [1.54, 1.807) is 0 Å². The number of hydrogen-bond acceptors (Lipinski definition) is 5. The smallest absolute Gasteiger partial charge is 0.164 e. The molecule has 9 aromatic carbocycles. The Balaban J connectivity index is 0.952. The highest BCUT2D eigenvalue weighted by molar-refractivity contribution is 6.15. The van der Waals surface area contributed by atoms with Gasteiger partial charge in [0, 0.05) is 54.6 Å². The lowest BCUT2D eigenvalue weighted by Crippen LogP contribution is -2.00. The van der Waals surface area contributed by atoms with Crippen LogP contribution in [0.2, 0.25) is 0 Å². The fraction of sp³-hybridized carbons (Fsp3) is 0. The van der Waals surface area contributed by atoms with Crippen LogP contribution in [0, 0.1) is 0 Å². The van der Waals surface area contributed by atoms with Gasteiger partial charge in [0.05, 0.1) is 16.7 Å². The number of benzene rings is 9. The first kappa shape index (κ1) is 35.2. The van der Waals surface area contributed by atoms with Gasteiger partial charge in [0.25, 0.3) is 0 Å². The maximum Gasteiger partial charge on any atom is 0.164 e. The predicted molar refractivity (Wildman–Crippen MR) is 256 cm³/mol. The van der Waals surface area contributed by atoms with Gasteiger partial charge in [-0.3, -0.25) is 0 Å². The molecular weight excluding hydrogens is 773 g/mol. The van der Waals surface area contributed by atoms with Gasteiger partial charge in [-0.25, -0.2) is 15.0 Å². The molecule has 0 aliphatic rings. The van der Waals surface area contributed by atoms with Crippen LogP contribution >= 0.6 is 0 Å². The topological polar surface area (TPSA) is 69.9 Å². The first-order valence-corrected chi connectivity index (χ1v) is 21.1. The molecule has 0 aliphatic carbocycles. The second kappa shape index (κ2) is 14.0. The lowest BCUT2D eigenvalue weighted by molar-refractivity contribution is 0.669. The lowest BCUT2D eigenvalue weighted by atomic mass is 9.97. The van der Waals surface area contributed by atoms with Gasteiger partial charge in [0.1, 0.15) is 22.3 Å². The summed E-state index contributed by atoms with van der Waals surface area (Å²) in [5.74, 6) is 1.69. The maximum atomic E-state index is 6.71. The first-order chi connectivity index (χ1) is 31.2. The van der Waals surface area contributed by atoms with Crippen molar-refractivity contribution in [2.45, 2.75) is 0 Å². The van der Waals surface area contributed by atoms with Crippen LogP contribution in [0.1, 0.15) is 0 Å². The number of fused-ring (bicyclic) bond motifs is 9. The minimum absolute atomic E-state index is 0.550. The molecule has 6 nitrogen and oxygen atoms in total. The second-order valence-corrected chi connectivity index (χ2v) is 15.9. The number of nitrogens with zero attached hydrogens (tertiary/aromatic N) is 4. The molecule has 4 aromatic heterocycles. The highest BCUT2D eigenvalue weighted by atomic mass is 16.3. The quantitative estimate of drug-likeness (QED) is 0.167.